The number of piperidine rings is 1. The van der Waals surface area contributed by atoms with E-state index in [2.05, 4.69) is 15.7 Å². The zero-order chi connectivity index (χ0) is 15.5. The van der Waals surface area contributed by atoms with Gasteiger partial charge in [-0.05, 0) is 26.2 Å². The monoisotopic (exact) mass is 323 g/mol. The minimum atomic E-state index is 0.0850. The fourth-order valence-corrected chi connectivity index (χ4v) is 4.61. The van der Waals surface area contributed by atoms with Gasteiger partial charge in [-0.2, -0.15) is 0 Å². The van der Waals surface area contributed by atoms with Crippen LogP contribution in [0, 0.1) is 18.8 Å². The first kappa shape index (κ1) is 15.7. The second-order valence-corrected chi connectivity index (χ2v) is 7.36. The lowest BCUT2D eigenvalue weighted by atomic mass is 9.95. The van der Waals surface area contributed by atoms with Crippen molar-refractivity contribution in [3.05, 3.63) is 16.1 Å². The van der Waals surface area contributed by atoms with Crippen molar-refractivity contribution in [1.29, 1.82) is 0 Å². The predicted molar refractivity (Wildman–Crippen MR) is 87.2 cm³/mol. The van der Waals surface area contributed by atoms with Crippen molar-refractivity contribution in [2.75, 3.05) is 26.7 Å². The molecule has 2 heterocycles. The molecule has 0 radical (unpaired) electrons. The Morgan fingerprint density at radius 1 is 1.45 bits per heavy atom. The Kier molecular flexibility index (Phi) is 4.98. The van der Waals surface area contributed by atoms with Crippen molar-refractivity contribution in [1.82, 2.24) is 15.2 Å². The Hall–Kier alpha value is -1.14. The van der Waals surface area contributed by atoms with Crippen LogP contribution in [0.15, 0.2) is 5.38 Å². The van der Waals surface area contributed by atoms with Crippen LogP contribution in [-0.2, 0) is 11.2 Å². The molecule has 2 amide bonds. The molecule has 1 saturated heterocycles. The van der Waals surface area contributed by atoms with Crippen LogP contribution in [0.25, 0.3) is 0 Å². The number of ether oxygens (including phenoxy) is 1. The van der Waals surface area contributed by atoms with Gasteiger partial charge in [-0.15, -0.1) is 11.3 Å². The minimum Gasteiger partial charge on any atom is -0.381 e. The largest absolute Gasteiger partial charge is 0.381 e. The highest BCUT2D eigenvalue weighted by Gasteiger charge is 2.43. The normalized spacial score (nSPS) is 27.2. The van der Waals surface area contributed by atoms with Crippen LogP contribution in [0.2, 0.25) is 0 Å². The minimum absolute atomic E-state index is 0.0850. The van der Waals surface area contributed by atoms with Crippen LogP contribution in [0.3, 0.4) is 0 Å². The molecule has 1 unspecified atom stereocenters. The topological polar surface area (TPSA) is 54.5 Å². The molecule has 3 rings (SSSR count). The number of aromatic nitrogens is 1. The Labute approximate surface area is 136 Å². The van der Waals surface area contributed by atoms with E-state index >= 15 is 0 Å². The van der Waals surface area contributed by atoms with Crippen molar-refractivity contribution in [2.45, 2.75) is 38.7 Å². The van der Waals surface area contributed by atoms with Crippen LogP contribution in [0.1, 0.15) is 30.0 Å². The van der Waals surface area contributed by atoms with Crippen LogP contribution < -0.4 is 5.32 Å². The molecule has 1 saturated carbocycles. The van der Waals surface area contributed by atoms with E-state index < -0.39 is 0 Å². The summed E-state index contributed by atoms with van der Waals surface area (Å²) in [5.74, 6) is 1.04. The second-order valence-electron chi connectivity index (χ2n) is 6.42. The van der Waals surface area contributed by atoms with Crippen LogP contribution in [0.4, 0.5) is 4.79 Å². The molecule has 1 aromatic rings. The fourth-order valence-electron chi connectivity index (χ4n) is 3.79. The lowest BCUT2D eigenvalue weighted by Crippen LogP contribution is -2.51. The molecule has 2 bridgehead atoms. The molecule has 2 aliphatic rings. The van der Waals surface area contributed by atoms with Crippen LogP contribution in [-0.4, -0.2) is 48.8 Å². The molecular formula is C16H25N3O2S. The molecule has 6 heteroatoms. The molecule has 1 aliphatic carbocycles. The SMILES string of the molecule is COC1[C@@H]2CC[C@H]1CN(C(=O)NCCCc1nc(C)cs1)C2. The number of hydrogen-bond donors (Lipinski definition) is 1. The maximum Gasteiger partial charge on any atom is 0.317 e. The van der Waals surface area contributed by atoms with Gasteiger partial charge in [0.05, 0.1) is 11.1 Å². The Bertz CT molecular complexity index is 505. The van der Waals surface area contributed by atoms with Gasteiger partial charge in [0.25, 0.3) is 0 Å². The number of likely N-dealkylation sites (tertiary alicyclic amines) is 1. The van der Waals surface area contributed by atoms with Gasteiger partial charge < -0.3 is 15.0 Å². The van der Waals surface area contributed by atoms with Crippen molar-refractivity contribution < 1.29 is 9.53 Å². The third-order valence-corrected chi connectivity index (χ3v) is 5.84. The van der Waals surface area contributed by atoms with E-state index in [1.165, 1.54) is 12.8 Å². The summed E-state index contributed by atoms with van der Waals surface area (Å²) in [4.78, 5) is 18.7. The lowest BCUT2D eigenvalue weighted by Gasteiger charge is -2.37. The third-order valence-electron chi connectivity index (χ3n) is 4.82. The number of thiazole rings is 1. The number of urea groups is 1. The number of amides is 2. The van der Waals surface area contributed by atoms with E-state index in [0.717, 1.165) is 43.2 Å². The Balaban J connectivity index is 1.39. The number of methoxy groups -OCH3 is 1. The van der Waals surface area contributed by atoms with E-state index in [-0.39, 0.29) is 6.03 Å². The number of carbonyl (C=O) groups is 1. The third kappa shape index (κ3) is 3.43. The van der Waals surface area contributed by atoms with Gasteiger partial charge in [-0.1, -0.05) is 0 Å². The maximum atomic E-state index is 12.3. The van der Waals surface area contributed by atoms with Gasteiger partial charge in [0, 0.05) is 56.1 Å². The zero-order valence-corrected chi connectivity index (χ0v) is 14.2. The standard InChI is InChI=1S/C16H25N3O2S/c1-11-10-22-14(18-11)4-3-7-17-16(20)19-8-12-5-6-13(9-19)15(12)21-2/h10,12-13,15H,3-9H2,1-2H3,(H,17,20)/t12-,13+,15?. The zero-order valence-electron chi connectivity index (χ0n) is 13.4. The summed E-state index contributed by atoms with van der Waals surface area (Å²) in [6.07, 6.45) is 4.62. The Morgan fingerprint density at radius 3 is 2.77 bits per heavy atom. The summed E-state index contributed by atoms with van der Waals surface area (Å²) < 4.78 is 5.59. The molecule has 22 heavy (non-hydrogen) atoms. The molecule has 0 aromatic carbocycles. The highest BCUT2D eigenvalue weighted by Crippen LogP contribution is 2.38. The lowest BCUT2D eigenvalue weighted by molar-refractivity contribution is -0.00504. The van der Waals surface area contributed by atoms with E-state index in [9.17, 15) is 4.79 Å². The van der Waals surface area contributed by atoms with Gasteiger partial charge in [0.2, 0.25) is 0 Å². The molecule has 5 nitrogen and oxygen atoms in total. The molecule has 1 N–H and O–H groups in total. The Morgan fingerprint density at radius 2 is 2.18 bits per heavy atom. The summed E-state index contributed by atoms with van der Waals surface area (Å²) in [5.41, 5.74) is 1.08. The number of rotatable bonds is 5. The van der Waals surface area contributed by atoms with Crippen molar-refractivity contribution >= 4 is 17.4 Å². The maximum absolute atomic E-state index is 12.3. The highest BCUT2D eigenvalue weighted by atomic mass is 32.1. The summed E-state index contributed by atoms with van der Waals surface area (Å²) >= 11 is 1.70. The first-order valence-corrected chi connectivity index (χ1v) is 9.02. The van der Waals surface area contributed by atoms with E-state index in [1.807, 2.05) is 11.8 Å². The van der Waals surface area contributed by atoms with E-state index in [1.54, 1.807) is 18.4 Å². The van der Waals surface area contributed by atoms with Crippen molar-refractivity contribution in [3.63, 3.8) is 0 Å². The number of nitrogens with one attached hydrogen (secondary N) is 1. The first-order valence-electron chi connectivity index (χ1n) is 8.14. The number of hydrogen-bond acceptors (Lipinski definition) is 4. The van der Waals surface area contributed by atoms with Gasteiger partial charge in [0.1, 0.15) is 0 Å². The molecular weight excluding hydrogens is 298 g/mol. The van der Waals surface area contributed by atoms with Gasteiger partial charge in [0.15, 0.2) is 0 Å². The molecule has 2 fully saturated rings. The average Bonchev–Trinajstić information content (AvgIpc) is 3.03. The number of aryl methyl sites for hydroxylation is 2. The molecule has 3 atom stereocenters. The van der Waals surface area contributed by atoms with Gasteiger partial charge in [-0.25, -0.2) is 9.78 Å². The van der Waals surface area contributed by atoms with Crippen molar-refractivity contribution in [2.24, 2.45) is 11.8 Å². The average molecular weight is 323 g/mol. The molecule has 1 aromatic heterocycles. The summed E-state index contributed by atoms with van der Waals surface area (Å²) in [7, 11) is 1.80. The highest BCUT2D eigenvalue weighted by molar-refractivity contribution is 7.09. The van der Waals surface area contributed by atoms with E-state index in [0.29, 0.717) is 17.9 Å². The number of nitrogens with zero attached hydrogens (tertiary/aromatic N) is 2. The summed E-state index contributed by atoms with van der Waals surface area (Å²) in [6.45, 7) is 4.41. The number of carbonyl (C=O) groups excluding carboxylic acids is 1. The first-order chi connectivity index (χ1) is 10.7. The van der Waals surface area contributed by atoms with Crippen molar-refractivity contribution in [3.8, 4) is 0 Å². The van der Waals surface area contributed by atoms with Gasteiger partial charge >= 0.3 is 6.03 Å². The summed E-state index contributed by atoms with van der Waals surface area (Å²) in [5, 5.41) is 6.29. The predicted octanol–water partition coefficient (Wildman–Crippen LogP) is 2.45. The second kappa shape index (κ2) is 6.96. The van der Waals surface area contributed by atoms with Crippen LogP contribution in [0.5, 0.6) is 0 Å². The quantitative estimate of drug-likeness (QED) is 0.847. The van der Waals surface area contributed by atoms with E-state index in [4.69, 9.17) is 4.74 Å². The van der Waals surface area contributed by atoms with Crippen LogP contribution >= 0.6 is 11.3 Å². The molecule has 122 valence electrons. The number of fused-ring (bicyclic) bond motifs is 2. The summed E-state index contributed by atoms with van der Waals surface area (Å²) in [6, 6.07) is 0.0850. The van der Waals surface area contributed by atoms with Gasteiger partial charge in [-0.3, -0.25) is 0 Å². The molecule has 1 aliphatic heterocycles. The smallest absolute Gasteiger partial charge is 0.317 e. The fraction of sp³-hybridized carbons (Fsp3) is 0.750. The molecule has 0 spiro atoms.